The molecule has 1 fully saturated rings. The van der Waals surface area contributed by atoms with Crippen LogP contribution in [-0.2, 0) is 0 Å². The topological polar surface area (TPSA) is 93.2 Å². The van der Waals surface area contributed by atoms with Crippen LogP contribution in [0.1, 0.15) is 12.8 Å². The summed E-state index contributed by atoms with van der Waals surface area (Å²) in [4.78, 5) is 14.6. The Balaban J connectivity index is 1.88. The summed E-state index contributed by atoms with van der Waals surface area (Å²) in [7, 11) is 0. The number of aromatic nitrogens is 1. The Morgan fingerprint density at radius 3 is 3.16 bits per heavy atom. The molecule has 0 aliphatic carbocycles. The van der Waals surface area contributed by atoms with Crippen LogP contribution in [0, 0.1) is 10.1 Å². The van der Waals surface area contributed by atoms with E-state index in [-0.39, 0.29) is 11.7 Å². The lowest BCUT2D eigenvalue weighted by Gasteiger charge is -2.22. The number of nitrogens with one attached hydrogen (secondary N) is 2. The zero-order valence-electron chi connectivity index (χ0n) is 10.3. The predicted octanol–water partition coefficient (Wildman–Crippen LogP) is 1.90. The fourth-order valence-corrected chi connectivity index (χ4v) is 2.29. The second-order valence-corrected chi connectivity index (χ2v) is 4.59. The van der Waals surface area contributed by atoms with Crippen LogP contribution in [0.25, 0.3) is 11.1 Å². The van der Waals surface area contributed by atoms with E-state index in [0.29, 0.717) is 17.1 Å². The normalized spacial score (nSPS) is 19.5. The molecule has 1 saturated heterocycles. The van der Waals surface area contributed by atoms with Crippen molar-refractivity contribution in [2.45, 2.75) is 18.9 Å². The maximum atomic E-state index is 10.9. The average Bonchev–Trinajstić information content (AvgIpc) is 2.81. The lowest BCUT2D eigenvalue weighted by molar-refractivity contribution is -0.383. The molecule has 2 N–H and O–H groups in total. The van der Waals surface area contributed by atoms with Crippen LogP contribution >= 0.6 is 0 Å². The number of para-hydroxylation sites is 1. The van der Waals surface area contributed by atoms with Gasteiger partial charge >= 0.3 is 0 Å². The molecule has 0 saturated carbocycles. The SMILES string of the molecule is O=[N+]([O-])c1cccc2oc(NC3CCCNC3)nc12. The van der Waals surface area contributed by atoms with Gasteiger partial charge in [0.05, 0.1) is 4.92 Å². The number of hydrogen-bond donors (Lipinski definition) is 2. The molecule has 100 valence electrons. The molecule has 19 heavy (non-hydrogen) atoms. The minimum absolute atomic E-state index is 0.0314. The third-order valence-corrected chi connectivity index (χ3v) is 3.22. The molecule has 1 aliphatic heterocycles. The van der Waals surface area contributed by atoms with Gasteiger partial charge in [0.15, 0.2) is 11.1 Å². The highest BCUT2D eigenvalue weighted by Gasteiger charge is 2.19. The van der Waals surface area contributed by atoms with E-state index in [1.807, 2.05) is 0 Å². The Hall–Kier alpha value is -2.15. The molecule has 1 aliphatic rings. The van der Waals surface area contributed by atoms with Crippen molar-refractivity contribution in [3.63, 3.8) is 0 Å². The largest absolute Gasteiger partial charge is 0.423 e. The first-order valence-corrected chi connectivity index (χ1v) is 6.25. The van der Waals surface area contributed by atoms with Gasteiger partial charge in [-0.25, -0.2) is 0 Å². The number of nitro benzene ring substituents is 1. The van der Waals surface area contributed by atoms with Crippen molar-refractivity contribution >= 4 is 22.8 Å². The van der Waals surface area contributed by atoms with Crippen molar-refractivity contribution in [1.82, 2.24) is 10.3 Å². The second-order valence-electron chi connectivity index (χ2n) is 4.59. The van der Waals surface area contributed by atoms with Gasteiger partial charge in [-0.3, -0.25) is 10.1 Å². The van der Waals surface area contributed by atoms with Gasteiger partial charge in [0.25, 0.3) is 11.7 Å². The molecule has 0 bridgehead atoms. The first-order valence-electron chi connectivity index (χ1n) is 6.25. The first kappa shape index (κ1) is 11.9. The molecular weight excluding hydrogens is 248 g/mol. The molecule has 7 heteroatoms. The third kappa shape index (κ3) is 2.37. The molecular formula is C12H14N4O3. The van der Waals surface area contributed by atoms with Crippen molar-refractivity contribution in [3.8, 4) is 0 Å². The maximum absolute atomic E-state index is 10.9. The Labute approximate surface area is 109 Å². The van der Waals surface area contributed by atoms with Crippen molar-refractivity contribution in [3.05, 3.63) is 28.3 Å². The number of nitrogens with zero attached hydrogens (tertiary/aromatic N) is 2. The van der Waals surface area contributed by atoms with E-state index in [0.717, 1.165) is 25.9 Å². The number of rotatable bonds is 3. The zero-order valence-corrected chi connectivity index (χ0v) is 10.3. The molecule has 2 heterocycles. The Morgan fingerprint density at radius 2 is 2.42 bits per heavy atom. The first-order chi connectivity index (χ1) is 9.24. The van der Waals surface area contributed by atoms with E-state index in [1.54, 1.807) is 12.1 Å². The lowest BCUT2D eigenvalue weighted by atomic mass is 10.1. The lowest BCUT2D eigenvalue weighted by Crippen LogP contribution is -2.38. The number of hydrogen-bond acceptors (Lipinski definition) is 6. The highest BCUT2D eigenvalue weighted by molar-refractivity contribution is 5.84. The summed E-state index contributed by atoms with van der Waals surface area (Å²) in [5, 5.41) is 17.4. The van der Waals surface area contributed by atoms with Gasteiger partial charge in [-0.2, -0.15) is 4.98 Å². The second kappa shape index (κ2) is 4.85. The van der Waals surface area contributed by atoms with Crippen molar-refractivity contribution in [1.29, 1.82) is 0 Å². The minimum atomic E-state index is -0.448. The monoisotopic (exact) mass is 262 g/mol. The summed E-state index contributed by atoms with van der Waals surface area (Å²) in [5.74, 6) is 0. The number of piperidine rings is 1. The van der Waals surface area contributed by atoms with Crippen LogP contribution in [0.15, 0.2) is 22.6 Å². The summed E-state index contributed by atoms with van der Waals surface area (Å²) < 4.78 is 5.51. The summed E-state index contributed by atoms with van der Waals surface area (Å²) in [6.45, 7) is 1.87. The van der Waals surface area contributed by atoms with Crippen LogP contribution in [0.5, 0.6) is 0 Å². The van der Waals surface area contributed by atoms with Gasteiger partial charge in [-0.1, -0.05) is 6.07 Å². The summed E-state index contributed by atoms with van der Waals surface area (Å²) in [5.41, 5.74) is 0.690. The van der Waals surface area contributed by atoms with Crippen LogP contribution in [0.4, 0.5) is 11.7 Å². The van der Waals surface area contributed by atoms with Gasteiger partial charge in [-0.05, 0) is 25.5 Å². The van der Waals surface area contributed by atoms with Gasteiger partial charge in [0.1, 0.15) is 0 Å². The number of anilines is 1. The molecule has 1 atom stereocenters. The van der Waals surface area contributed by atoms with Crippen molar-refractivity contribution in [2.24, 2.45) is 0 Å². The van der Waals surface area contributed by atoms with Crippen molar-refractivity contribution in [2.75, 3.05) is 18.4 Å². The number of nitro groups is 1. The summed E-state index contributed by atoms with van der Waals surface area (Å²) >= 11 is 0. The predicted molar refractivity (Wildman–Crippen MR) is 70.2 cm³/mol. The molecule has 2 aromatic rings. The zero-order chi connectivity index (χ0) is 13.2. The minimum Gasteiger partial charge on any atom is -0.423 e. The molecule has 0 spiro atoms. The number of oxazole rings is 1. The van der Waals surface area contributed by atoms with E-state index in [9.17, 15) is 10.1 Å². The highest BCUT2D eigenvalue weighted by atomic mass is 16.6. The average molecular weight is 262 g/mol. The highest BCUT2D eigenvalue weighted by Crippen LogP contribution is 2.27. The molecule has 1 aromatic carbocycles. The van der Waals surface area contributed by atoms with Crippen LogP contribution in [0.3, 0.4) is 0 Å². The summed E-state index contributed by atoms with van der Waals surface area (Å²) in [6, 6.07) is 5.30. The Kier molecular flexibility index (Phi) is 3.04. The third-order valence-electron chi connectivity index (χ3n) is 3.22. The molecule has 7 nitrogen and oxygen atoms in total. The van der Waals surface area contributed by atoms with E-state index < -0.39 is 4.92 Å². The maximum Gasteiger partial charge on any atom is 0.298 e. The van der Waals surface area contributed by atoms with Crippen molar-refractivity contribution < 1.29 is 9.34 Å². The van der Waals surface area contributed by atoms with E-state index in [4.69, 9.17) is 4.42 Å². The van der Waals surface area contributed by atoms with E-state index in [2.05, 4.69) is 15.6 Å². The van der Waals surface area contributed by atoms with Gasteiger partial charge in [0.2, 0.25) is 0 Å². The quantitative estimate of drug-likeness (QED) is 0.648. The fraction of sp³-hybridized carbons (Fsp3) is 0.417. The van der Waals surface area contributed by atoms with Crippen LogP contribution in [0.2, 0.25) is 0 Å². The van der Waals surface area contributed by atoms with Gasteiger partial charge in [-0.15, -0.1) is 0 Å². The smallest absolute Gasteiger partial charge is 0.298 e. The summed E-state index contributed by atoms with van der Waals surface area (Å²) in [6.07, 6.45) is 2.13. The van der Waals surface area contributed by atoms with Gasteiger partial charge in [0, 0.05) is 18.7 Å². The number of benzene rings is 1. The molecule has 0 amide bonds. The number of non-ortho nitro benzene ring substituents is 1. The van der Waals surface area contributed by atoms with Crippen LogP contribution < -0.4 is 10.6 Å². The van der Waals surface area contributed by atoms with Crippen LogP contribution in [-0.4, -0.2) is 29.0 Å². The standard InChI is InChI=1S/C12H14N4O3/c17-16(18)9-4-1-5-10-11(9)15-12(19-10)14-8-3-2-6-13-7-8/h1,4-5,8,13H,2-3,6-7H2,(H,14,15). The number of fused-ring (bicyclic) bond motifs is 1. The molecule has 0 radical (unpaired) electrons. The molecule has 1 aromatic heterocycles. The molecule has 1 unspecified atom stereocenters. The Morgan fingerprint density at radius 1 is 1.53 bits per heavy atom. The van der Waals surface area contributed by atoms with E-state index in [1.165, 1.54) is 6.07 Å². The fourth-order valence-electron chi connectivity index (χ4n) is 2.29. The molecule has 3 rings (SSSR count). The Bertz CT molecular complexity index is 604. The van der Waals surface area contributed by atoms with Gasteiger partial charge < -0.3 is 15.1 Å². The van der Waals surface area contributed by atoms with E-state index >= 15 is 0 Å².